The van der Waals surface area contributed by atoms with E-state index in [9.17, 15) is 14.9 Å². The number of carbonyl (C=O) groups excluding carboxylic acids is 1. The summed E-state index contributed by atoms with van der Waals surface area (Å²) >= 11 is 0. The van der Waals surface area contributed by atoms with Crippen LogP contribution in [-0.2, 0) is 9.53 Å². The Morgan fingerprint density at radius 2 is 2.21 bits per heavy atom. The van der Waals surface area contributed by atoms with Crippen LogP contribution in [0.4, 0.5) is 11.4 Å². The van der Waals surface area contributed by atoms with Crippen LogP contribution in [-0.4, -0.2) is 30.6 Å². The third-order valence-electron chi connectivity index (χ3n) is 2.37. The van der Waals surface area contributed by atoms with Gasteiger partial charge >= 0.3 is 0 Å². The smallest absolute Gasteiger partial charge is 0.271 e. The monoisotopic (exact) mass is 289 g/mol. The highest BCUT2D eigenvalue weighted by atomic mass is 35.5. The van der Waals surface area contributed by atoms with Crippen molar-refractivity contribution in [2.24, 2.45) is 5.73 Å². The Labute approximate surface area is 116 Å². The topological polar surface area (TPSA) is 107 Å². The summed E-state index contributed by atoms with van der Waals surface area (Å²) in [4.78, 5) is 21.8. The van der Waals surface area contributed by atoms with Gasteiger partial charge in [0.2, 0.25) is 5.91 Å². The molecule has 3 N–H and O–H groups in total. The lowest BCUT2D eigenvalue weighted by Gasteiger charge is -2.12. The van der Waals surface area contributed by atoms with Gasteiger partial charge in [-0.3, -0.25) is 14.9 Å². The highest BCUT2D eigenvalue weighted by Gasteiger charge is 2.16. The molecule has 1 atom stereocenters. The number of carbonyl (C=O) groups is 1. The molecule has 19 heavy (non-hydrogen) atoms. The molecule has 0 saturated carbocycles. The number of non-ortho nitro benzene ring substituents is 1. The van der Waals surface area contributed by atoms with Crippen molar-refractivity contribution in [2.45, 2.75) is 13.0 Å². The minimum Gasteiger partial charge on any atom is -0.383 e. The highest BCUT2D eigenvalue weighted by molar-refractivity contribution is 5.95. The maximum Gasteiger partial charge on any atom is 0.271 e. The van der Waals surface area contributed by atoms with Crippen LogP contribution in [0.5, 0.6) is 0 Å². The molecule has 7 nitrogen and oxygen atoms in total. The van der Waals surface area contributed by atoms with E-state index in [0.29, 0.717) is 5.69 Å². The minimum absolute atomic E-state index is 0. The van der Waals surface area contributed by atoms with E-state index < -0.39 is 16.9 Å². The zero-order valence-corrected chi connectivity index (χ0v) is 11.4. The van der Waals surface area contributed by atoms with Crippen LogP contribution in [0.15, 0.2) is 18.2 Å². The maximum atomic E-state index is 11.6. The van der Waals surface area contributed by atoms with E-state index >= 15 is 0 Å². The second-order valence-electron chi connectivity index (χ2n) is 3.81. The third-order valence-corrected chi connectivity index (χ3v) is 2.37. The van der Waals surface area contributed by atoms with Crippen molar-refractivity contribution in [3.05, 3.63) is 33.9 Å². The molecule has 0 aromatic heterocycles. The van der Waals surface area contributed by atoms with Gasteiger partial charge in [0.25, 0.3) is 5.69 Å². The van der Waals surface area contributed by atoms with Gasteiger partial charge in [0.1, 0.15) is 6.04 Å². The number of nitrogens with two attached hydrogens (primary N) is 1. The van der Waals surface area contributed by atoms with Crippen molar-refractivity contribution in [3.8, 4) is 0 Å². The molecule has 106 valence electrons. The Kier molecular flexibility index (Phi) is 6.99. The number of hydrogen-bond acceptors (Lipinski definition) is 5. The summed E-state index contributed by atoms with van der Waals surface area (Å²) in [7, 11) is 1.44. The number of amides is 1. The van der Waals surface area contributed by atoms with E-state index in [1.807, 2.05) is 0 Å². The first-order chi connectivity index (χ1) is 8.45. The fourth-order valence-corrected chi connectivity index (χ4v) is 1.34. The Bertz CT molecular complexity index is 467. The Hall–Kier alpha value is -1.70. The van der Waals surface area contributed by atoms with Crippen LogP contribution in [0, 0.1) is 17.0 Å². The molecular weight excluding hydrogens is 274 g/mol. The number of anilines is 1. The summed E-state index contributed by atoms with van der Waals surface area (Å²) in [5.74, 6) is -0.444. The predicted octanol–water partition coefficient (Wildman–Crippen LogP) is 1.24. The number of rotatable bonds is 5. The lowest BCUT2D eigenvalue weighted by molar-refractivity contribution is -0.384. The standard InChI is InChI=1S/C11H15N3O4.ClH/c1-7-3-4-8(14(16)17)5-10(7)13-11(15)9(12)6-18-2;/h3-5,9H,6,12H2,1-2H3,(H,13,15);1H. The second-order valence-corrected chi connectivity index (χ2v) is 3.81. The number of hydrogen-bond donors (Lipinski definition) is 2. The molecule has 8 heteroatoms. The van der Waals surface area contributed by atoms with E-state index in [1.165, 1.54) is 19.2 Å². The van der Waals surface area contributed by atoms with Gasteiger partial charge < -0.3 is 15.8 Å². The quantitative estimate of drug-likeness (QED) is 0.626. The van der Waals surface area contributed by atoms with E-state index in [1.54, 1.807) is 13.0 Å². The molecule has 0 saturated heterocycles. The molecule has 0 aliphatic heterocycles. The molecule has 0 aliphatic carbocycles. The summed E-state index contributed by atoms with van der Waals surface area (Å²) in [6.07, 6.45) is 0. The molecule has 0 fully saturated rings. The number of nitro groups is 1. The predicted molar refractivity (Wildman–Crippen MR) is 73.6 cm³/mol. The lowest BCUT2D eigenvalue weighted by atomic mass is 10.1. The number of methoxy groups -OCH3 is 1. The van der Waals surface area contributed by atoms with Crippen molar-refractivity contribution >= 4 is 29.7 Å². The molecular formula is C11H16ClN3O4. The van der Waals surface area contributed by atoms with Gasteiger partial charge in [-0.1, -0.05) is 6.07 Å². The molecule has 0 aliphatic rings. The van der Waals surface area contributed by atoms with E-state index in [2.05, 4.69) is 5.32 Å². The largest absolute Gasteiger partial charge is 0.383 e. The Morgan fingerprint density at radius 1 is 1.58 bits per heavy atom. The van der Waals surface area contributed by atoms with E-state index in [-0.39, 0.29) is 24.7 Å². The van der Waals surface area contributed by atoms with Crippen LogP contribution in [0.1, 0.15) is 5.56 Å². The summed E-state index contributed by atoms with van der Waals surface area (Å²) in [5, 5.41) is 13.2. The Morgan fingerprint density at radius 3 is 2.74 bits per heavy atom. The summed E-state index contributed by atoms with van der Waals surface area (Å²) in [6.45, 7) is 1.82. The van der Waals surface area contributed by atoms with Crippen LogP contribution in [0.25, 0.3) is 0 Å². The average Bonchev–Trinajstić information content (AvgIpc) is 2.31. The van der Waals surface area contributed by atoms with Crippen LogP contribution in [0.2, 0.25) is 0 Å². The fourth-order valence-electron chi connectivity index (χ4n) is 1.34. The zero-order chi connectivity index (χ0) is 13.7. The summed E-state index contributed by atoms with van der Waals surface area (Å²) < 4.78 is 4.76. The van der Waals surface area contributed by atoms with Gasteiger partial charge in [-0.15, -0.1) is 12.4 Å². The molecule has 1 amide bonds. The molecule has 1 aromatic rings. The minimum atomic E-state index is -0.811. The summed E-state index contributed by atoms with van der Waals surface area (Å²) in [6, 6.07) is 3.43. The van der Waals surface area contributed by atoms with Gasteiger partial charge in [-0.2, -0.15) is 0 Å². The summed E-state index contributed by atoms with van der Waals surface area (Å²) in [5.41, 5.74) is 6.56. The fraction of sp³-hybridized carbons (Fsp3) is 0.364. The first kappa shape index (κ1) is 17.3. The SMILES string of the molecule is COCC(N)C(=O)Nc1cc([N+](=O)[O-])ccc1C.Cl. The molecule has 1 aromatic carbocycles. The molecule has 0 spiro atoms. The lowest BCUT2D eigenvalue weighted by Crippen LogP contribution is -2.39. The number of nitrogens with one attached hydrogen (secondary N) is 1. The van der Waals surface area contributed by atoms with Crippen molar-refractivity contribution in [1.82, 2.24) is 0 Å². The van der Waals surface area contributed by atoms with Crippen molar-refractivity contribution < 1.29 is 14.5 Å². The Balaban J connectivity index is 0.00000324. The second kappa shape index (κ2) is 7.67. The highest BCUT2D eigenvalue weighted by Crippen LogP contribution is 2.21. The molecule has 0 bridgehead atoms. The maximum absolute atomic E-state index is 11.6. The number of halogens is 1. The van der Waals surface area contributed by atoms with Crippen molar-refractivity contribution in [1.29, 1.82) is 0 Å². The number of aryl methyl sites for hydroxylation is 1. The molecule has 0 heterocycles. The van der Waals surface area contributed by atoms with Crippen LogP contribution < -0.4 is 11.1 Å². The molecule has 1 rings (SSSR count). The van der Waals surface area contributed by atoms with Crippen molar-refractivity contribution in [3.63, 3.8) is 0 Å². The van der Waals surface area contributed by atoms with Gasteiger partial charge in [0.05, 0.1) is 17.2 Å². The first-order valence-corrected chi connectivity index (χ1v) is 5.26. The van der Waals surface area contributed by atoms with Gasteiger partial charge in [-0.25, -0.2) is 0 Å². The van der Waals surface area contributed by atoms with Crippen molar-refractivity contribution in [2.75, 3.05) is 19.0 Å². The van der Waals surface area contributed by atoms with E-state index in [4.69, 9.17) is 10.5 Å². The number of benzene rings is 1. The van der Waals surface area contributed by atoms with Gasteiger partial charge in [0.15, 0.2) is 0 Å². The van der Waals surface area contributed by atoms with Crippen LogP contribution >= 0.6 is 12.4 Å². The first-order valence-electron chi connectivity index (χ1n) is 5.26. The average molecular weight is 290 g/mol. The third kappa shape index (κ3) is 4.82. The van der Waals surface area contributed by atoms with Crippen LogP contribution in [0.3, 0.4) is 0 Å². The number of nitrogens with zero attached hydrogens (tertiary/aromatic N) is 1. The number of nitro benzene ring substituents is 1. The normalized spacial score (nSPS) is 11.3. The molecule has 0 radical (unpaired) electrons. The van der Waals surface area contributed by atoms with Gasteiger partial charge in [0, 0.05) is 19.2 Å². The molecule has 1 unspecified atom stereocenters. The number of ether oxygens (including phenoxy) is 1. The zero-order valence-electron chi connectivity index (χ0n) is 10.6. The van der Waals surface area contributed by atoms with E-state index in [0.717, 1.165) is 5.56 Å². The van der Waals surface area contributed by atoms with Gasteiger partial charge in [-0.05, 0) is 12.5 Å².